The number of aromatic nitrogens is 4. The molecule has 0 saturated heterocycles. The third-order valence-electron chi connectivity index (χ3n) is 6.03. The number of rotatable bonds is 7. The van der Waals surface area contributed by atoms with Crippen molar-refractivity contribution in [2.45, 2.75) is 52.0 Å². The molecular formula is C28H31BrN4O6. The fourth-order valence-corrected chi connectivity index (χ4v) is 4.41. The first kappa shape index (κ1) is 29.7. The molecule has 2 atom stereocenters. The number of fused-ring (bicyclic) bond motifs is 2. The van der Waals surface area contributed by atoms with Gasteiger partial charge in [0.15, 0.2) is 12.1 Å². The van der Waals surface area contributed by atoms with Gasteiger partial charge < -0.3 is 9.47 Å². The number of alkyl halides is 1. The number of nitrogens with zero attached hydrogens (tertiary/aromatic N) is 4. The van der Waals surface area contributed by atoms with Gasteiger partial charge in [-0.15, -0.1) is 0 Å². The number of benzene rings is 2. The van der Waals surface area contributed by atoms with E-state index >= 15 is 0 Å². The molecule has 11 heteroatoms. The molecule has 2 aromatic heterocycles. The predicted molar refractivity (Wildman–Crippen MR) is 152 cm³/mol. The Labute approximate surface area is 233 Å². The minimum Gasteiger partial charge on any atom is -0.464 e. The van der Waals surface area contributed by atoms with Gasteiger partial charge in [0.05, 0.1) is 35.4 Å². The van der Waals surface area contributed by atoms with Crippen molar-refractivity contribution in [3.63, 3.8) is 0 Å². The number of aryl methyl sites for hydroxylation is 1. The van der Waals surface area contributed by atoms with Gasteiger partial charge in [0.25, 0.3) is 11.1 Å². The minimum atomic E-state index is -0.746. The molecule has 0 radical (unpaired) electrons. The fourth-order valence-electron chi connectivity index (χ4n) is 3.99. The Kier molecular flexibility index (Phi) is 10.1. The molecule has 0 saturated carbocycles. The summed E-state index contributed by atoms with van der Waals surface area (Å²) in [5.74, 6) is -0.912. The second-order valence-corrected chi connectivity index (χ2v) is 9.17. The van der Waals surface area contributed by atoms with Crippen LogP contribution in [0.2, 0.25) is 0 Å². The highest BCUT2D eigenvalue weighted by Gasteiger charge is 2.22. The number of hydrogen-bond donors (Lipinski definition) is 0. The lowest BCUT2D eigenvalue weighted by molar-refractivity contribution is -0.147. The number of halogens is 1. The molecule has 0 amide bonds. The van der Waals surface area contributed by atoms with Gasteiger partial charge in [-0.3, -0.25) is 9.59 Å². The summed E-state index contributed by atoms with van der Waals surface area (Å²) in [5, 5.41) is 11.7. The van der Waals surface area contributed by atoms with Crippen molar-refractivity contribution in [1.29, 1.82) is 0 Å². The van der Waals surface area contributed by atoms with Gasteiger partial charge in [0.2, 0.25) is 0 Å². The van der Waals surface area contributed by atoms with Crippen molar-refractivity contribution >= 4 is 49.4 Å². The normalized spacial score (nSPS) is 12.4. The van der Waals surface area contributed by atoms with Crippen molar-refractivity contribution in [2.75, 3.05) is 13.2 Å². The summed E-state index contributed by atoms with van der Waals surface area (Å²) in [6.07, 6.45) is 0. The fraction of sp³-hybridized carbons (Fsp3) is 0.357. The second kappa shape index (κ2) is 13.3. The lowest BCUT2D eigenvalue weighted by Crippen LogP contribution is -2.32. The first-order chi connectivity index (χ1) is 18.7. The summed E-state index contributed by atoms with van der Waals surface area (Å²) in [7, 11) is 0. The topological polar surface area (TPSA) is 122 Å². The zero-order valence-corrected chi connectivity index (χ0v) is 24.1. The predicted octanol–water partition coefficient (Wildman–Crippen LogP) is 4.24. The minimum absolute atomic E-state index is 0.275. The molecule has 4 aromatic rings. The zero-order valence-electron chi connectivity index (χ0n) is 22.5. The highest BCUT2D eigenvalue weighted by molar-refractivity contribution is 9.08. The summed E-state index contributed by atoms with van der Waals surface area (Å²) in [6.45, 7) is 9.05. The van der Waals surface area contributed by atoms with Crippen LogP contribution in [0.4, 0.5) is 0 Å². The molecule has 0 fully saturated rings. The molecule has 39 heavy (non-hydrogen) atoms. The molecule has 2 unspecified atom stereocenters. The molecule has 0 aliphatic rings. The Morgan fingerprint density at radius 1 is 0.769 bits per heavy atom. The Balaban J connectivity index is 0.000000216. The maximum Gasteiger partial charge on any atom is 0.330 e. The molecule has 0 aliphatic carbocycles. The van der Waals surface area contributed by atoms with E-state index in [2.05, 4.69) is 26.1 Å². The molecule has 206 valence electrons. The molecule has 2 heterocycles. The molecule has 0 N–H and O–H groups in total. The van der Waals surface area contributed by atoms with Crippen molar-refractivity contribution in [2.24, 2.45) is 0 Å². The van der Waals surface area contributed by atoms with Gasteiger partial charge in [0.1, 0.15) is 0 Å². The molecule has 4 rings (SSSR count). The maximum atomic E-state index is 12.4. The van der Waals surface area contributed by atoms with Gasteiger partial charge in [-0.1, -0.05) is 52.3 Å². The largest absolute Gasteiger partial charge is 0.464 e. The highest BCUT2D eigenvalue weighted by atomic mass is 79.9. The number of ether oxygens (including phenoxy) is 2. The standard InChI is InChI=1S/C14H15BrN2O3.C14H16N2O3/c1-3-20-14(19)9(2)17-13(18)11-7-5-4-6-10(11)12(8-15)16-17;1-4-19-14(18)10(3)16-13(17)12-8-6-5-7-11(12)9(2)15-16/h4-7,9H,3,8H2,1-2H3;5-8,10H,4H2,1-3H3. The summed E-state index contributed by atoms with van der Waals surface area (Å²) in [4.78, 5) is 48.3. The Hall–Kier alpha value is -3.86. The van der Waals surface area contributed by atoms with Crippen LogP contribution >= 0.6 is 15.9 Å². The highest BCUT2D eigenvalue weighted by Crippen LogP contribution is 2.17. The Morgan fingerprint density at radius 3 is 1.64 bits per heavy atom. The molecule has 0 aliphatic heterocycles. The van der Waals surface area contributed by atoms with Crippen molar-refractivity contribution < 1.29 is 19.1 Å². The van der Waals surface area contributed by atoms with E-state index < -0.39 is 24.0 Å². The zero-order chi connectivity index (χ0) is 28.7. The summed E-state index contributed by atoms with van der Waals surface area (Å²) >= 11 is 3.36. The van der Waals surface area contributed by atoms with Crippen LogP contribution in [-0.2, 0) is 24.4 Å². The average molecular weight is 599 g/mol. The van der Waals surface area contributed by atoms with Crippen LogP contribution in [0.15, 0.2) is 58.1 Å². The number of carbonyl (C=O) groups excluding carboxylic acids is 2. The number of hydrogen-bond acceptors (Lipinski definition) is 8. The van der Waals surface area contributed by atoms with E-state index in [-0.39, 0.29) is 24.3 Å². The van der Waals surface area contributed by atoms with Gasteiger partial charge in [-0.2, -0.15) is 10.2 Å². The average Bonchev–Trinajstić information content (AvgIpc) is 2.95. The maximum absolute atomic E-state index is 12.4. The van der Waals surface area contributed by atoms with Crippen LogP contribution in [0.25, 0.3) is 21.5 Å². The smallest absolute Gasteiger partial charge is 0.330 e. The Bertz CT molecular complexity index is 1610. The summed E-state index contributed by atoms with van der Waals surface area (Å²) in [6, 6.07) is 13.0. The molecule has 2 aromatic carbocycles. The first-order valence-corrected chi connectivity index (χ1v) is 13.7. The van der Waals surface area contributed by atoms with Crippen LogP contribution in [0.5, 0.6) is 0 Å². The van der Waals surface area contributed by atoms with E-state index in [1.807, 2.05) is 31.2 Å². The summed E-state index contributed by atoms with van der Waals surface area (Å²) < 4.78 is 12.3. The molecule has 0 bridgehead atoms. The van der Waals surface area contributed by atoms with Crippen LogP contribution in [0.1, 0.15) is 51.2 Å². The van der Waals surface area contributed by atoms with E-state index in [0.717, 1.165) is 16.5 Å². The van der Waals surface area contributed by atoms with E-state index in [9.17, 15) is 19.2 Å². The first-order valence-electron chi connectivity index (χ1n) is 12.5. The Morgan fingerprint density at radius 2 is 1.18 bits per heavy atom. The lowest BCUT2D eigenvalue weighted by atomic mass is 10.1. The number of esters is 2. The van der Waals surface area contributed by atoms with Crippen LogP contribution in [0.3, 0.4) is 0 Å². The van der Waals surface area contributed by atoms with Crippen LogP contribution in [0, 0.1) is 6.92 Å². The third kappa shape index (κ3) is 6.42. The summed E-state index contributed by atoms with van der Waals surface area (Å²) in [5.41, 5.74) is 0.871. The van der Waals surface area contributed by atoms with Crippen molar-refractivity contribution in [1.82, 2.24) is 19.6 Å². The third-order valence-corrected chi connectivity index (χ3v) is 6.56. The van der Waals surface area contributed by atoms with E-state index in [1.54, 1.807) is 52.0 Å². The molecule has 10 nitrogen and oxygen atoms in total. The van der Waals surface area contributed by atoms with Crippen LogP contribution < -0.4 is 11.1 Å². The van der Waals surface area contributed by atoms with E-state index in [0.29, 0.717) is 21.8 Å². The van der Waals surface area contributed by atoms with Gasteiger partial charge in [-0.05, 0) is 46.8 Å². The van der Waals surface area contributed by atoms with E-state index in [4.69, 9.17) is 9.47 Å². The van der Waals surface area contributed by atoms with E-state index in [1.165, 1.54) is 9.36 Å². The molecular weight excluding hydrogens is 568 g/mol. The molecule has 0 spiro atoms. The van der Waals surface area contributed by atoms with Gasteiger partial charge >= 0.3 is 11.9 Å². The van der Waals surface area contributed by atoms with Crippen molar-refractivity contribution in [3.8, 4) is 0 Å². The van der Waals surface area contributed by atoms with Gasteiger partial charge in [-0.25, -0.2) is 19.0 Å². The number of carbonyl (C=O) groups is 2. The monoisotopic (exact) mass is 598 g/mol. The quantitative estimate of drug-likeness (QED) is 0.228. The van der Waals surface area contributed by atoms with Gasteiger partial charge in [0, 0.05) is 16.1 Å². The second-order valence-electron chi connectivity index (χ2n) is 8.61. The SMILES string of the molecule is CCOC(=O)C(C)n1nc(C)c2ccccc2c1=O.CCOC(=O)C(C)n1nc(CBr)c2ccccc2c1=O. The van der Waals surface area contributed by atoms with Crippen LogP contribution in [-0.4, -0.2) is 44.7 Å². The lowest BCUT2D eigenvalue weighted by Gasteiger charge is -2.15. The van der Waals surface area contributed by atoms with Crippen molar-refractivity contribution in [3.05, 3.63) is 80.6 Å².